The SMILES string of the molecule is B[C@H]1CC(OCc2cn([C@H]3O[C@@H](B)CC3OC)nn2)[C@@H](COC)O1. The number of methoxy groups -OCH3 is 2. The summed E-state index contributed by atoms with van der Waals surface area (Å²) in [6.45, 7) is 0.923. The molecule has 3 heterocycles. The molecule has 0 radical (unpaired) electrons. The van der Waals surface area contributed by atoms with Crippen molar-refractivity contribution in [2.24, 2.45) is 0 Å². The van der Waals surface area contributed by atoms with Gasteiger partial charge in [-0.2, -0.15) is 0 Å². The molecule has 0 bridgehead atoms. The van der Waals surface area contributed by atoms with Crippen LogP contribution >= 0.6 is 0 Å². The summed E-state index contributed by atoms with van der Waals surface area (Å²) in [6.07, 6.45) is 3.31. The molecule has 24 heavy (non-hydrogen) atoms. The Morgan fingerprint density at radius 2 is 1.96 bits per heavy atom. The van der Waals surface area contributed by atoms with E-state index in [9.17, 15) is 0 Å². The molecule has 0 spiro atoms. The topological polar surface area (TPSA) is 76.9 Å². The van der Waals surface area contributed by atoms with Gasteiger partial charge in [-0.05, 0) is 12.8 Å². The van der Waals surface area contributed by atoms with Gasteiger partial charge in [0.2, 0.25) is 0 Å². The summed E-state index contributed by atoms with van der Waals surface area (Å²) in [7, 11) is 7.44. The lowest BCUT2D eigenvalue weighted by Gasteiger charge is -2.18. The summed E-state index contributed by atoms with van der Waals surface area (Å²) < 4.78 is 30.0. The highest BCUT2D eigenvalue weighted by Gasteiger charge is 2.36. The number of rotatable bonds is 7. The second kappa shape index (κ2) is 7.97. The van der Waals surface area contributed by atoms with E-state index in [1.165, 1.54) is 0 Å². The van der Waals surface area contributed by atoms with E-state index in [2.05, 4.69) is 10.3 Å². The second-order valence-corrected chi connectivity index (χ2v) is 6.56. The fourth-order valence-corrected chi connectivity index (χ4v) is 3.37. The average molecular weight is 337 g/mol. The lowest BCUT2D eigenvalue weighted by Crippen LogP contribution is -2.28. The smallest absolute Gasteiger partial charge is 0.177 e. The van der Waals surface area contributed by atoms with Crippen LogP contribution in [0.1, 0.15) is 24.8 Å². The van der Waals surface area contributed by atoms with Gasteiger partial charge >= 0.3 is 0 Å². The van der Waals surface area contributed by atoms with Gasteiger partial charge in [-0.3, -0.25) is 0 Å². The molecule has 0 amide bonds. The molecular formula is C14H25B2N3O5. The van der Waals surface area contributed by atoms with Gasteiger partial charge in [0.05, 0.1) is 25.5 Å². The Balaban J connectivity index is 1.56. The van der Waals surface area contributed by atoms with E-state index in [4.69, 9.17) is 23.7 Å². The van der Waals surface area contributed by atoms with E-state index in [1.807, 2.05) is 21.9 Å². The molecule has 2 aliphatic rings. The predicted octanol–water partition coefficient (Wildman–Crippen LogP) is -1.55. The fourth-order valence-electron chi connectivity index (χ4n) is 3.37. The third-order valence-corrected chi connectivity index (χ3v) is 4.54. The molecule has 2 unspecified atom stereocenters. The average Bonchev–Trinajstić information content (AvgIpc) is 3.24. The monoisotopic (exact) mass is 337 g/mol. The van der Waals surface area contributed by atoms with Crippen LogP contribution in [0, 0.1) is 0 Å². The van der Waals surface area contributed by atoms with Gasteiger partial charge in [-0.15, -0.1) is 5.10 Å². The van der Waals surface area contributed by atoms with E-state index in [0.717, 1.165) is 18.5 Å². The van der Waals surface area contributed by atoms with Crippen LogP contribution < -0.4 is 0 Å². The zero-order chi connectivity index (χ0) is 17.1. The molecule has 3 rings (SSSR count). The van der Waals surface area contributed by atoms with Crippen molar-refractivity contribution >= 4 is 15.7 Å². The molecule has 0 aliphatic carbocycles. The maximum absolute atomic E-state index is 5.98. The van der Waals surface area contributed by atoms with E-state index in [-0.39, 0.29) is 36.5 Å². The predicted molar refractivity (Wildman–Crippen MR) is 90.2 cm³/mol. The van der Waals surface area contributed by atoms with Crippen LogP contribution in [0.4, 0.5) is 0 Å². The molecular weight excluding hydrogens is 312 g/mol. The zero-order valence-electron chi connectivity index (χ0n) is 14.8. The van der Waals surface area contributed by atoms with Crippen molar-refractivity contribution in [3.63, 3.8) is 0 Å². The molecule has 6 atom stereocenters. The number of aromatic nitrogens is 3. The molecule has 10 heteroatoms. The standard InChI is InChI=1S/C14H25B2N3O5/c1-20-7-11-9(3-12(15)23-11)22-6-8-5-19(18-17-8)14-10(21-2)4-13(16)24-14/h5,9-14H,3-4,6-7,15-16H2,1-2H3/t9?,10?,11-,12-,13-,14+/m1/s1. The second-order valence-electron chi connectivity index (χ2n) is 6.56. The third-order valence-electron chi connectivity index (χ3n) is 4.54. The highest BCUT2D eigenvalue weighted by Crippen LogP contribution is 2.29. The summed E-state index contributed by atoms with van der Waals surface area (Å²) in [5.74, 6) is 0. The lowest BCUT2D eigenvalue weighted by atomic mass is 9.96. The van der Waals surface area contributed by atoms with Crippen LogP contribution in [0.25, 0.3) is 0 Å². The minimum Gasteiger partial charge on any atom is -0.382 e. The van der Waals surface area contributed by atoms with Crippen LogP contribution in [0.15, 0.2) is 6.20 Å². The van der Waals surface area contributed by atoms with Crippen molar-refractivity contribution in [1.29, 1.82) is 0 Å². The van der Waals surface area contributed by atoms with E-state index < -0.39 is 0 Å². The minimum absolute atomic E-state index is 0.00867. The van der Waals surface area contributed by atoms with Crippen LogP contribution in [0.5, 0.6) is 0 Å². The molecule has 2 aliphatic heterocycles. The summed E-state index contributed by atoms with van der Waals surface area (Å²) in [6, 6.07) is 0.331. The van der Waals surface area contributed by atoms with Gasteiger partial charge in [-0.1, -0.05) is 5.21 Å². The highest BCUT2D eigenvalue weighted by atomic mass is 16.6. The van der Waals surface area contributed by atoms with Crippen LogP contribution in [0.3, 0.4) is 0 Å². The molecule has 0 aromatic carbocycles. The first-order valence-electron chi connectivity index (χ1n) is 8.45. The maximum atomic E-state index is 5.98. The highest BCUT2D eigenvalue weighted by molar-refractivity contribution is 6.11. The van der Waals surface area contributed by atoms with Crippen molar-refractivity contribution in [3.05, 3.63) is 11.9 Å². The first-order valence-corrected chi connectivity index (χ1v) is 8.45. The normalized spacial score (nSPS) is 36.4. The third kappa shape index (κ3) is 4.00. The largest absolute Gasteiger partial charge is 0.382 e. The maximum Gasteiger partial charge on any atom is 0.177 e. The van der Waals surface area contributed by atoms with Crippen LogP contribution in [-0.4, -0.2) is 81.8 Å². The van der Waals surface area contributed by atoms with Crippen molar-refractivity contribution in [1.82, 2.24) is 15.0 Å². The Morgan fingerprint density at radius 3 is 2.71 bits per heavy atom. The molecule has 1 aromatic rings. The number of hydrogen-bond donors (Lipinski definition) is 0. The Bertz CT molecular complexity index is 534. The Kier molecular flexibility index (Phi) is 5.93. The van der Waals surface area contributed by atoms with Crippen molar-refractivity contribution < 1.29 is 23.7 Å². The quantitative estimate of drug-likeness (QED) is 0.558. The minimum atomic E-state index is -0.234. The Morgan fingerprint density at radius 1 is 1.21 bits per heavy atom. The van der Waals surface area contributed by atoms with Crippen LogP contribution in [0.2, 0.25) is 0 Å². The van der Waals surface area contributed by atoms with Gasteiger partial charge in [0.25, 0.3) is 0 Å². The van der Waals surface area contributed by atoms with Crippen molar-refractivity contribution in [2.45, 2.75) is 56.0 Å². The van der Waals surface area contributed by atoms with Gasteiger partial charge in [0.1, 0.15) is 33.6 Å². The molecule has 8 nitrogen and oxygen atoms in total. The summed E-state index contributed by atoms with van der Waals surface area (Å²) in [4.78, 5) is 0. The fraction of sp³-hybridized carbons (Fsp3) is 0.857. The number of nitrogens with zero attached hydrogens (tertiary/aromatic N) is 3. The van der Waals surface area contributed by atoms with Gasteiger partial charge in [0.15, 0.2) is 6.23 Å². The first kappa shape index (κ1) is 17.9. The summed E-state index contributed by atoms with van der Waals surface area (Å²) in [5.41, 5.74) is 0.767. The molecule has 0 N–H and O–H groups in total. The number of hydrogen-bond acceptors (Lipinski definition) is 7. The zero-order valence-corrected chi connectivity index (χ0v) is 14.8. The molecule has 2 saturated heterocycles. The Hall–Kier alpha value is -0.930. The van der Waals surface area contributed by atoms with Crippen molar-refractivity contribution in [2.75, 3.05) is 20.8 Å². The van der Waals surface area contributed by atoms with E-state index >= 15 is 0 Å². The first-order chi connectivity index (χ1) is 11.6. The van der Waals surface area contributed by atoms with E-state index in [0.29, 0.717) is 13.2 Å². The molecule has 132 valence electrons. The molecule has 1 aromatic heterocycles. The lowest BCUT2D eigenvalue weighted by molar-refractivity contribution is -0.0524. The van der Waals surface area contributed by atoms with Gasteiger partial charge in [-0.25, -0.2) is 4.68 Å². The number of ether oxygens (including phenoxy) is 5. The summed E-state index contributed by atoms with van der Waals surface area (Å²) in [5, 5.41) is 8.36. The van der Waals surface area contributed by atoms with Gasteiger partial charge < -0.3 is 23.7 Å². The Labute approximate surface area is 143 Å². The molecule has 0 saturated carbocycles. The van der Waals surface area contributed by atoms with E-state index in [1.54, 1.807) is 18.9 Å². The molecule has 2 fully saturated rings. The van der Waals surface area contributed by atoms with Crippen molar-refractivity contribution in [3.8, 4) is 0 Å². The van der Waals surface area contributed by atoms with Crippen LogP contribution in [-0.2, 0) is 30.3 Å². The van der Waals surface area contributed by atoms with Gasteiger partial charge in [0, 0.05) is 26.2 Å². The summed E-state index contributed by atoms with van der Waals surface area (Å²) >= 11 is 0.